The molecule has 2 aliphatic carbocycles. The van der Waals surface area contributed by atoms with Crippen molar-refractivity contribution in [3.05, 3.63) is 102 Å². The van der Waals surface area contributed by atoms with E-state index in [0.29, 0.717) is 30.5 Å². The van der Waals surface area contributed by atoms with Crippen molar-refractivity contribution >= 4 is 29.3 Å². The molecule has 1 saturated carbocycles. The van der Waals surface area contributed by atoms with Crippen LogP contribution in [0.5, 0.6) is 11.5 Å². The quantitative estimate of drug-likeness (QED) is 0.283. The fraction of sp³-hybridized carbons (Fsp3) is 0.400. The van der Waals surface area contributed by atoms with Gasteiger partial charge in [0.05, 0.1) is 36.0 Å². The summed E-state index contributed by atoms with van der Waals surface area (Å²) < 4.78 is 5.48. The van der Waals surface area contributed by atoms with Crippen LogP contribution in [-0.4, -0.2) is 64.8 Å². The van der Waals surface area contributed by atoms with Gasteiger partial charge < -0.3 is 9.84 Å². The first kappa shape index (κ1) is 31.5. The van der Waals surface area contributed by atoms with Crippen molar-refractivity contribution in [2.45, 2.75) is 51.1 Å². The first-order valence-corrected chi connectivity index (χ1v) is 17.4. The molecule has 3 aliphatic heterocycles. The number of fused-ring (bicyclic) bond motifs is 4. The topological polar surface area (TPSA) is 107 Å². The Hall–Kier alpha value is -4.76. The Morgan fingerprint density at radius 2 is 1.53 bits per heavy atom. The molecule has 3 saturated heterocycles. The molecular formula is C40H41N3O6. The number of rotatable bonds is 6. The molecule has 49 heavy (non-hydrogen) atoms. The highest BCUT2D eigenvalue weighted by molar-refractivity contribution is 6.24. The monoisotopic (exact) mass is 659 g/mol. The predicted octanol–water partition coefficient (Wildman–Crippen LogP) is 5.30. The third kappa shape index (κ3) is 4.76. The van der Waals surface area contributed by atoms with Gasteiger partial charge in [0.25, 0.3) is 0 Å². The second-order valence-corrected chi connectivity index (χ2v) is 14.4. The molecular weight excluding hydrogens is 618 g/mol. The van der Waals surface area contributed by atoms with Gasteiger partial charge in [-0.3, -0.25) is 29.0 Å². The molecule has 3 heterocycles. The van der Waals surface area contributed by atoms with Crippen LogP contribution in [-0.2, 0) is 25.7 Å². The van der Waals surface area contributed by atoms with Gasteiger partial charge in [0.1, 0.15) is 0 Å². The number of phenolic OH excluding ortho intramolecular Hbond substituents is 1. The Kier molecular flexibility index (Phi) is 7.70. The van der Waals surface area contributed by atoms with Gasteiger partial charge in [-0.2, -0.15) is 0 Å². The summed E-state index contributed by atoms with van der Waals surface area (Å²) in [4.78, 5) is 62.8. The third-order valence-electron chi connectivity index (χ3n) is 12.1. The van der Waals surface area contributed by atoms with E-state index in [-0.39, 0.29) is 47.6 Å². The Morgan fingerprint density at radius 1 is 0.837 bits per heavy atom. The van der Waals surface area contributed by atoms with Crippen LogP contribution in [0.1, 0.15) is 49.7 Å². The zero-order valence-electron chi connectivity index (χ0n) is 27.8. The van der Waals surface area contributed by atoms with Crippen LogP contribution in [0, 0.1) is 29.1 Å². The number of hydrogen-bond donors (Lipinski definition) is 1. The minimum absolute atomic E-state index is 0.0882. The van der Waals surface area contributed by atoms with Crippen molar-refractivity contribution in [1.29, 1.82) is 0 Å². The summed E-state index contributed by atoms with van der Waals surface area (Å²) in [6.45, 7) is 4.25. The van der Waals surface area contributed by atoms with Crippen molar-refractivity contribution in [3.8, 4) is 11.5 Å². The lowest BCUT2D eigenvalue weighted by atomic mass is 9.51. The molecule has 9 nitrogen and oxygen atoms in total. The highest BCUT2D eigenvalue weighted by Crippen LogP contribution is 2.65. The molecule has 0 aromatic heterocycles. The van der Waals surface area contributed by atoms with Gasteiger partial charge >= 0.3 is 0 Å². The molecule has 3 aromatic carbocycles. The number of methoxy groups -OCH3 is 1. The number of nitrogens with zero attached hydrogens (tertiary/aromatic N) is 3. The van der Waals surface area contributed by atoms with Gasteiger partial charge in [0.2, 0.25) is 23.6 Å². The van der Waals surface area contributed by atoms with E-state index in [1.54, 1.807) is 47.4 Å². The lowest BCUT2D eigenvalue weighted by Gasteiger charge is -2.49. The Morgan fingerprint density at radius 3 is 2.22 bits per heavy atom. The Balaban J connectivity index is 1.14. The number of carbonyl (C=O) groups excluding carboxylic acids is 4. The number of aromatic hydroxyl groups is 1. The lowest BCUT2D eigenvalue weighted by Crippen LogP contribution is -2.49. The summed E-state index contributed by atoms with van der Waals surface area (Å²) in [6, 6.07) is 24.3. The SMILES string of the molecule is COc1cccc(C2C3=CCC4C(=O)N(C5CCN(Cc6ccccc6)CC5)C(=O)C4C3CC3C(=O)N(c4ccccc4)C(=O)C32C)c1O. The number of para-hydroxylation sites is 2. The number of piperidine rings is 1. The highest BCUT2D eigenvalue weighted by Gasteiger charge is 2.68. The van der Waals surface area contributed by atoms with E-state index in [0.717, 1.165) is 25.2 Å². The average molecular weight is 660 g/mol. The Bertz CT molecular complexity index is 1850. The molecule has 9 heteroatoms. The van der Waals surface area contributed by atoms with Crippen LogP contribution in [0.15, 0.2) is 90.5 Å². The summed E-state index contributed by atoms with van der Waals surface area (Å²) in [5.74, 6) is -3.77. The number of allylic oxidation sites excluding steroid dienone is 2. The summed E-state index contributed by atoms with van der Waals surface area (Å²) in [6.07, 6.45) is 4.11. The third-order valence-corrected chi connectivity index (χ3v) is 12.1. The molecule has 3 aromatic rings. The molecule has 4 fully saturated rings. The number of benzene rings is 3. The van der Waals surface area contributed by atoms with Gasteiger partial charge in [-0.25, -0.2) is 4.90 Å². The first-order valence-electron chi connectivity index (χ1n) is 17.4. The van der Waals surface area contributed by atoms with Gasteiger partial charge in [-0.05, 0) is 62.3 Å². The fourth-order valence-corrected chi connectivity index (χ4v) is 9.68. The van der Waals surface area contributed by atoms with E-state index >= 15 is 0 Å². The molecule has 1 N–H and O–H groups in total. The molecule has 0 spiro atoms. The number of likely N-dealkylation sites (tertiary alicyclic amines) is 2. The van der Waals surface area contributed by atoms with Gasteiger partial charge in [-0.15, -0.1) is 0 Å². The number of carbonyl (C=O) groups is 4. The van der Waals surface area contributed by atoms with Crippen molar-refractivity contribution in [3.63, 3.8) is 0 Å². The van der Waals surface area contributed by atoms with Crippen LogP contribution < -0.4 is 9.64 Å². The molecule has 5 aliphatic rings. The van der Waals surface area contributed by atoms with Crippen molar-refractivity contribution in [2.75, 3.05) is 25.1 Å². The minimum Gasteiger partial charge on any atom is -0.504 e. The second-order valence-electron chi connectivity index (χ2n) is 14.4. The Labute approximate surface area is 286 Å². The van der Waals surface area contributed by atoms with Crippen LogP contribution in [0.4, 0.5) is 5.69 Å². The van der Waals surface area contributed by atoms with E-state index < -0.39 is 35.0 Å². The van der Waals surface area contributed by atoms with Crippen LogP contribution >= 0.6 is 0 Å². The fourth-order valence-electron chi connectivity index (χ4n) is 9.68. The van der Waals surface area contributed by atoms with Crippen molar-refractivity contribution in [2.24, 2.45) is 29.1 Å². The summed E-state index contributed by atoms with van der Waals surface area (Å²) >= 11 is 0. The maximum absolute atomic E-state index is 14.6. The van der Waals surface area contributed by atoms with Crippen molar-refractivity contribution < 1.29 is 29.0 Å². The number of phenols is 1. The molecule has 6 unspecified atom stereocenters. The maximum atomic E-state index is 14.6. The summed E-state index contributed by atoms with van der Waals surface area (Å²) in [5.41, 5.74) is 1.83. The van der Waals surface area contributed by atoms with E-state index in [9.17, 15) is 24.3 Å². The van der Waals surface area contributed by atoms with Crippen molar-refractivity contribution in [1.82, 2.24) is 9.80 Å². The number of amides is 4. The normalized spacial score (nSPS) is 30.2. The number of ether oxygens (including phenoxy) is 1. The zero-order valence-corrected chi connectivity index (χ0v) is 27.8. The van der Waals surface area contributed by atoms with Gasteiger partial charge in [0.15, 0.2) is 11.5 Å². The minimum atomic E-state index is -1.23. The largest absolute Gasteiger partial charge is 0.504 e. The lowest BCUT2D eigenvalue weighted by molar-refractivity contribution is -0.144. The van der Waals surface area contributed by atoms with Crippen LogP contribution in [0.2, 0.25) is 0 Å². The van der Waals surface area contributed by atoms with E-state index in [4.69, 9.17) is 4.74 Å². The summed E-state index contributed by atoms with van der Waals surface area (Å²) in [7, 11) is 1.47. The van der Waals surface area contributed by atoms with E-state index in [1.807, 2.05) is 37.3 Å². The maximum Gasteiger partial charge on any atom is 0.241 e. The zero-order chi connectivity index (χ0) is 34.0. The standard InChI is InChI=1S/C40H41N3O6/c1-40-31(37(46)43(39(40)48)25-12-7-4-8-13-25)22-30-27(34(40)29-14-9-15-32(49-2)35(29)44)16-17-28-33(30)38(47)42(36(28)45)26-18-20-41(21-19-26)23-24-10-5-3-6-11-24/h3-16,26,28,30-31,33-34,44H,17-23H2,1-2H3. The molecule has 6 atom stereocenters. The second kappa shape index (κ2) is 12.0. The first-order chi connectivity index (χ1) is 23.7. The molecule has 252 valence electrons. The highest BCUT2D eigenvalue weighted by atomic mass is 16.5. The van der Waals surface area contributed by atoms with Gasteiger partial charge in [-0.1, -0.05) is 72.3 Å². The molecule has 4 amide bonds. The van der Waals surface area contributed by atoms with E-state index in [2.05, 4.69) is 17.0 Å². The summed E-state index contributed by atoms with van der Waals surface area (Å²) in [5, 5.41) is 11.5. The van der Waals surface area contributed by atoms with E-state index in [1.165, 1.54) is 17.6 Å². The van der Waals surface area contributed by atoms with Gasteiger partial charge in [0, 0.05) is 37.2 Å². The number of anilines is 1. The average Bonchev–Trinajstić information content (AvgIpc) is 3.49. The number of hydrogen-bond acceptors (Lipinski definition) is 7. The predicted molar refractivity (Wildman–Crippen MR) is 182 cm³/mol. The molecule has 0 radical (unpaired) electrons. The smallest absolute Gasteiger partial charge is 0.241 e. The number of imide groups is 2. The van der Waals surface area contributed by atoms with Crippen LogP contribution in [0.3, 0.4) is 0 Å². The molecule has 0 bridgehead atoms. The molecule has 8 rings (SSSR count). The van der Waals surface area contributed by atoms with Crippen LogP contribution in [0.25, 0.3) is 0 Å².